The van der Waals surface area contributed by atoms with Crippen LogP contribution in [0.25, 0.3) is 0 Å². The number of rotatable bonds is 7. The maximum Gasteiger partial charge on any atom is 0.253 e. The molecule has 0 unspecified atom stereocenters. The van der Waals surface area contributed by atoms with Crippen molar-refractivity contribution in [2.75, 3.05) is 30.7 Å². The number of sulfonamides is 1. The molecule has 6 nitrogen and oxygen atoms in total. The second kappa shape index (κ2) is 8.75. The Hall–Kier alpha value is -2.38. The molecule has 1 amide bonds. The lowest BCUT2D eigenvalue weighted by atomic mass is 10.1. The van der Waals surface area contributed by atoms with Gasteiger partial charge in [-0.05, 0) is 49.2 Å². The summed E-state index contributed by atoms with van der Waals surface area (Å²) in [5.74, 6) is -0.290. The molecule has 0 atom stereocenters. The minimum absolute atomic E-state index is 0.290. The highest BCUT2D eigenvalue weighted by Crippen LogP contribution is 2.22. The molecule has 0 aromatic heterocycles. The Morgan fingerprint density at radius 3 is 2.32 bits per heavy atom. The van der Waals surface area contributed by atoms with E-state index in [2.05, 4.69) is 16.3 Å². The largest absolute Gasteiger partial charge is 0.348 e. The third-order valence-corrected chi connectivity index (χ3v) is 6.33. The first kappa shape index (κ1) is 20.4. The van der Waals surface area contributed by atoms with E-state index in [0.717, 1.165) is 35.8 Å². The van der Waals surface area contributed by atoms with Crippen molar-refractivity contribution in [2.45, 2.75) is 25.9 Å². The van der Waals surface area contributed by atoms with Gasteiger partial charge in [-0.15, -0.1) is 0 Å². The van der Waals surface area contributed by atoms with Gasteiger partial charge >= 0.3 is 0 Å². The van der Waals surface area contributed by atoms with Crippen LogP contribution >= 0.6 is 0 Å². The van der Waals surface area contributed by atoms with Crippen LogP contribution in [-0.4, -0.2) is 45.6 Å². The normalized spacial score (nSPS) is 14.8. The minimum Gasteiger partial charge on any atom is -0.348 e. The average Bonchev–Trinajstić information content (AvgIpc) is 3.19. The Labute approximate surface area is 167 Å². The second-order valence-electron chi connectivity index (χ2n) is 7.18. The second-order valence-corrected chi connectivity index (χ2v) is 9.20. The smallest absolute Gasteiger partial charge is 0.253 e. The number of para-hydroxylation sites is 1. The summed E-state index contributed by atoms with van der Waals surface area (Å²) < 4.78 is 24.9. The summed E-state index contributed by atoms with van der Waals surface area (Å²) in [5.41, 5.74) is 3.00. The first-order valence-electron chi connectivity index (χ1n) is 9.46. The van der Waals surface area contributed by atoms with Crippen molar-refractivity contribution in [3.8, 4) is 0 Å². The number of nitrogens with zero attached hydrogens (tertiary/aromatic N) is 2. The maximum atomic E-state index is 12.8. The zero-order valence-electron chi connectivity index (χ0n) is 16.4. The molecule has 28 heavy (non-hydrogen) atoms. The molecule has 1 aliphatic heterocycles. The molecule has 1 saturated heterocycles. The van der Waals surface area contributed by atoms with Gasteiger partial charge in [0.1, 0.15) is 0 Å². The Kier molecular flexibility index (Phi) is 6.36. The number of likely N-dealkylation sites (tertiary alicyclic amines) is 1. The summed E-state index contributed by atoms with van der Waals surface area (Å²) in [5, 5.41) is 2.95. The molecular formula is C21H27N3O3S. The third-order valence-electron chi connectivity index (χ3n) is 5.14. The van der Waals surface area contributed by atoms with Crippen LogP contribution in [0.1, 0.15) is 34.3 Å². The molecule has 0 spiro atoms. The van der Waals surface area contributed by atoms with Gasteiger partial charge in [-0.2, -0.15) is 0 Å². The average molecular weight is 402 g/mol. The number of carbonyl (C=O) groups is 1. The van der Waals surface area contributed by atoms with Crippen molar-refractivity contribution in [3.63, 3.8) is 0 Å². The number of hydrogen-bond donors (Lipinski definition) is 1. The van der Waals surface area contributed by atoms with Gasteiger partial charge in [0.25, 0.3) is 5.91 Å². The summed E-state index contributed by atoms with van der Waals surface area (Å²) in [7, 11) is -2.00. The van der Waals surface area contributed by atoms with Crippen LogP contribution in [-0.2, 0) is 23.1 Å². The summed E-state index contributed by atoms with van der Waals surface area (Å²) in [6.45, 7) is 3.52. The first-order valence-corrected chi connectivity index (χ1v) is 11.3. The standard InChI is InChI=1S/C21H27N3O3S/c1-23(28(2,26)27)20-12-6-5-11-19(20)21(25)22-15-17-9-3-4-10-18(17)16-24-13-7-8-14-24/h3-6,9-12H,7-8,13-16H2,1-2H3,(H,22,25). The number of hydrogen-bond acceptors (Lipinski definition) is 4. The fourth-order valence-corrected chi connectivity index (χ4v) is 3.97. The number of anilines is 1. The molecule has 150 valence electrons. The van der Waals surface area contributed by atoms with Crippen LogP contribution in [0, 0.1) is 0 Å². The summed E-state index contributed by atoms with van der Waals surface area (Å²) in [6.07, 6.45) is 3.60. The van der Waals surface area contributed by atoms with E-state index in [-0.39, 0.29) is 5.91 Å². The monoisotopic (exact) mass is 401 g/mol. The highest BCUT2D eigenvalue weighted by atomic mass is 32.2. The fraction of sp³-hybridized carbons (Fsp3) is 0.381. The molecule has 3 rings (SSSR count). The molecule has 2 aromatic carbocycles. The highest BCUT2D eigenvalue weighted by Gasteiger charge is 2.20. The van der Waals surface area contributed by atoms with Gasteiger partial charge in [-0.25, -0.2) is 8.42 Å². The molecule has 1 aliphatic rings. The maximum absolute atomic E-state index is 12.8. The number of amides is 1. The van der Waals surface area contributed by atoms with Gasteiger partial charge < -0.3 is 5.32 Å². The Bertz CT molecular complexity index is 937. The predicted molar refractivity (Wildman–Crippen MR) is 112 cm³/mol. The SMILES string of the molecule is CN(c1ccccc1C(=O)NCc1ccccc1CN1CCCC1)S(C)(=O)=O. The van der Waals surface area contributed by atoms with Crippen LogP contribution in [0.4, 0.5) is 5.69 Å². The zero-order valence-corrected chi connectivity index (χ0v) is 17.2. The van der Waals surface area contributed by atoms with Gasteiger partial charge in [0.2, 0.25) is 10.0 Å². The summed E-state index contributed by atoms with van der Waals surface area (Å²) in [4.78, 5) is 15.2. The molecule has 1 N–H and O–H groups in total. The van der Waals surface area contributed by atoms with Gasteiger partial charge in [-0.3, -0.25) is 14.0 Å². The van der Waals surface area contributed by atoms with E-state index in [9.17, 15) is 13.2 Å². The molecule has 0 saturated carbocycles. The molecule has 0 bridgehead atoms. The Balaban J connectivity index is 1.73. The molecule has 7 heteroatoms. The van der Waals surface area contributed by atoms with Crippen molar-refractivity contribution in [3.05, 3.63) is 65.2 Å². The minimum atomic E-state index is -3.45. The van der Waals surface area contributed by atoms with Gasteiger partial charge in [0.05, 0.1) is 17.5 Å². The molecule has 1 heterocycles. The lowest BCUT2D eigenvalue weighted by Crippen LogP contribution is -2.30. The predicted octanol–water partition coefficient (Wildman–Crippen LogP) is 2.61. The molecule has 1 fully saturated rings. The molecule has 0 radical (unpaired) electrons. The van der Waals surface area contributed by atoms with E-state index in [1.54, 1.807) is 24.3 Å². The van der Waals surface area contributed by atoms with Crippen LogP contribution in [0.5, 0.6) is 0 Å². The van der Waals surface area contributed by atoms with Crippen LogP contribution in [0.3, 0.4) is 0 Å². The highest BCUT2D eigenvalue weighted by molar-refractivity contribution is 7.92. The van der Waals surface area contributed by atoms with E-state index in [0.29, 0.717) is 17.8 Å². The Morgan fingerprint density at radius 2 is 1.64 bits per heavy atom. The topological polar surface area (TPSA) is 69.7 Å². The molecular weight excluding hydrogens is 374 g/mol. The van der Waals surface area contributed by atoms with E-state index in [1.165, 1.54) is 25.5 Å². The fourth-order valence-electron chi connectivity index (χ4n) is 3.46. The Morgan fingerprint density at radius 1 is 1.04 bits per heavy atom. The van der Waals surface area contributed by atoms with E-state index in [1.807, 2.05) is 18.2 Å². The van der Waals surface area contributed by atoms with Crippen molar-refractivity contribution in [1.82, 2.24) is 10.2 Å². The number of benzene rings is 2. The van der Waals surface area contributed by atoms with Crippen molar-refractivity contribution in [2.24, 2.45) is 0 Å². The molecule has 2 aromatic rings. The van der Waals surface area contributed by atoms with Crippen molar-refractivity contribution in [1.29, 1.82) is 0 Å². The van der Waals surface area contributed by atoms with Gasteiger partial charge in [0, 0.05) is 20.1 Å². The van der Waals surface area contributed by atoms with Gasteiger partial charge in [-0.1, -0.05) is 36.4 Å². The van der Waals surface area contributed by atoms with Crippen LogP contribution in [0.15, 0.2) is 48.5 Å². The van der Waals surface area contributed by atoms with E-state index < -0.39 is 10.0 Å². The van der Waals surface area contributed by atoms with Crippen molar-refractivity contribution < 1.29 is 13.2 Å². The quantitative estimate of drug-likeness (QED) is 0.774. The van der Waals surface area contributed by atoms with E-state index >= 15 is 0 Å². The zero-order chi connectivity index (χ0) is 20.1. The third kappa shape index (κ3) is 4.91. The number of carbonyl (C=O) groups excluding carboxylic acids is 1. The molecule has 0 aliphatic carbocycles. The lowest BCUT2D eigenvalue weighted by molar-refractivity contribution is 0.0951. The summed E-state index contributed by atoms with van der Waals surface area (Å²) >= 11 is 0. The first-order chi connectivity index (χ1) is 13.4. The van der Waals surface area contributed by atoms with Crippen LogP contribution < -0.4 is 9.62 Å². The van der Waals surface area contributed by atoms with E-state index in [4.69, 9.17) is 0 Å². The lowest BCUT2D eigenvalue weighted by Gasteiger charge is -2.20. The summed E-state index contributed by atoms with van der Waals surface area (Å²) in [6, 6.07) is 14.9. The number of nitrogens with one attached hydrogen (secondary N) is 1. The van der Waals surface area contributed by atoms with Crippen LogP contribution in [0.2, 0.25) is 0 Å². The van der Waals surface area contributed by atoms with Gasteiger partial charge in [0.15, 0.2) is 0 Å². The van der Waals surface area contributed by atoms with Crippen molar-refractivity contribution >= 4 is 21.6 Å².